The second-order valence-corrected chi connectivity index (χ2v) is 6.04. The number of benzene rings is 1. The molecule has 1 aromatic carbocycles. The van der Waals surface area contributed by atoms with Gasteiger partial charge in [0.2, 0.25) is 10.0 Å². The zero-order valence-corrected chi connectivity index (χ0v) is 12.2. The second-order valence-electron chi connectivity index (χ2n) is 4.28. The van der Waals surface area contributed by atoms with Crippen molar-refractivity contribution >= 4 is 10.0 Å². The Morgan fingerprint density at radius 2 is 2.10 bits per heavy atom. The van der Waals surface area contributed by atoms with E-state index in [2.05, 4.69) is 4.72 Å². The number of aliphatic hydroxyl groups is 1. The van der Waals surface area contributed by atoms with Crippen LogP contribution in [0.2, 0.25) is 0 Å². The van der Waals surface area contributed by atoms with E-state index in [1.165, 1.54) is 6.07 Å². The first kappa shape index (κ1) is 17.0. The van der Waals surface area contributed by atoms with E-state index in [0.29, 0.717) is 19.6 Å². The van der Waals surface area contributed by atoms with Crippen LogP contribution < -0.4 is 4.72 Å². The van der Waals surface area contributed by atoms with Crippen LogP contribution in [0.15, 0.2) is 23.1 Å². The van der Waals surface area contributed by atoms with Gasteiger partial charge in [0, 0.05) is 25.3 Å². The van der Waals surface area contributed by atoms with Gasteiger partial charge in [0.1, 0.15) is 5.82 Å². The lowest BCUT2D eigenvalue weighted by Gasteiger charge is -2.08. The minimum atomic E-state index is -3.69. The molecule has 0 aliphatic rings. The Kier molecular flexibility index (Phi) is 7.08. The summed E-state index contributed by atoms with van der Waals surface area (Å²) in [6, 6.07) is 3.33. The highest BCUT2D eigenvalue weighted by atomic mass is 32.2. The molecular formula is C13H20FNO4S. The van der Waals surface area contributed by atoms with Crippen molar-refractivity contribution in [3.05, 3.63) is 29.6 Å². The SMILES string of the molecule is CCCOCCCNS(=O)(=O)c1ccc(F)c(CO)c1. The maximum absolute atomic E-state index is 13.2. The molecule has 0 fully saturated rings. The van der Waals surface area contributed by atoms with Gasteiger partial charge in [-0.1, -0.05) is 6.92 Å². The molecule has 0 saturated heterocycles. The van der Waals surface area contributed by atoms with E-state index in [1.54, 1.807) is 0 Å². The molecule has 20 heavy (non-hydrogen) atoms. The fourth-order valence-electron chi connectivity index (χ4n) is 1.55. The van der Waals surface area contributed by atoms with Gasteiger partial charge >= 0.3 is 0 Å². The zero-order valence-electron chi connectivity index (χ0n) is 11.4. The van der Waals surface area contributed by atoms with Crippen LogP contribution in [-0.4, -0.2) is 33.3 Å². The number of aliphatic hydroxyl groups excluding tert-OH is 1. The van der Waals surface area contributed by atoms with Gasteiger partial charge < -0.3 is 9.84 Å². The molecule has 0 heterocycles. The molecule has 0 aromatic heterocycles. The fraction of sp³-hybridized carbons (Fsp3) is 0.538. The van der Waals surface area contributed by atoms with Gasteiger partial charge in [0.15, 0.2) is 0 Å². The third kappa shape index (κ3) is 5.16. The lowest BCUT2D eigenvalue weighted by molar-refractivity contribution is 0.133. The van der Waals surface area contributed by atoms with Gasteiger partial charge in [-0.05, 0) is 31.0 Å². The molecule has 5 nitrogen and oxygen atoms in total. The van der Waals surface area contributed by atoms with Crippen molar-refractivity contribution in [3.63, 3.8) is 0 Å². The van der Waals surface area contributed by atoms with Gasteiger partial charge in [-0.15, -0.1) is 0 Å². The van der Waals surface area contributed by atoms with Crippen molar-refractivity contribution in [2.45, 2.75) is 31.3 Å². The standard InChI is InChI=1S/C13H20FNO4S/c1-2-7-19-8-3-6-15-20(17,18)12-4-5-13(14)11(9-12)10-16/h4-5,9,15-16H,2-3,6-8,10H2,1H3. The molecule has 0 aliphatic heterocycles. The summed E-state index contributed by atoms with van der Waals surface area (Å²) in [5, 5.41) is 8.93. The average molecular weight is 305 g/mol. The van der Waals surface area contributed by atoms with Gasteiger partial charge in [-0.3, -0.25) is 0 Å². The number of hydrogen-bond acceptors (Lipinski definition) is 4. The first-order chi connectivity index (χ1) is 9.51. The van der Waals surface area contributed by atoms with Crippen molar-refractivity contribution in [2.75, 3.05) is 19.8 Å². The fourth-order valence-corrected chi connectivity index (χ4v) is 2.67. The number of ether oxygens (including phenoxy) is 1. The van der Waals surface area contributed by atoms with Crippen molar-refractivity contribution in [1.82, 2.24) is 4.72 Å². The molecule has 0 radical (unpaired) electrons. The maximum atomic E-state index is 13.2. The van der Waals surface area contributed by atoms with Crippen LogP contribution in [-0.2, 0) is 21.4 Å². The summed E-state index contributed by atoms with van der Waals surface area (Å²) in [6.45, 7) is 2.85. The normalized spacial score (nSPS) is 11.8. The van der Waals surface area contributed by atoms with Crippen molar-refractivity contribution < 1.29 is 22.7 Å². The zero-order chi connectivity index (χ0) is 15.0. The Morgan fingerprint density at radius 1 is 1.35 bits per heavy atom. The summed E-state index contributed by atoms with van der Waals surface area (Å²) in [6.07, 6.45) is 1.48. The monoisotopic (exact) mass is 305 g/mol. The average Bonchev–Trinajstić information content (AvgIpc) is 2.43. The Morgan fingerprint density at radius 3 is 2.75 bits per heavy atom. The topological polar surface area (TPSA) is 75.6 Å². The van der Waals surface area contributed by atoms with E-state index in [4.69, 9.17) is 9.84 Å². The molecule has 2 N–H and O–H groups in total. The number of hydrogen-bond donors (Lipinski definition) is 2. The van der Waals surface area contributed by atoms with Gasteiger partial charge in [0.05, 0.1) is 11.5 Å². The van der Waals surface area contributed by atoms with Crippen LogP contribution in [0.5, 0.6) is 0 Å². The Balaban J connectivity index is 2.56. The summed E-state index contributed by atoms with van der Waals surface area (Å²) in [5.41, 5.74) is -0.0424. The van der Waals surface area contributed by atoms with E-state index in [0.717, 1.165) is 18.6 Å². The van der Waals surface area contributed by atoms with Gasteiger partial charge in [-0.25, -0.2) is 17.5 Å². The Hall–Kier alpha value is -1.02. The van der Waals surface area contributed by atoms with Crippen molar-refractivity contribution in [1.29, 1.82) is 0 Å². The number of sulfonamides is 1. The van der Waals surface area contributed by atoms with E-state index in [1.807, 2.05) is 6.92 Å². The molecule has 0 atom stereocenters. The van der Waals surface area contributed by atoms with Crippen molar-refractivity contribution in [3.8, 4) is 0 Å². The molecule has 1 aromatic rings. The molecule has 0 bridgehead atoms. The van der Waals surface area contributed by atoms with Gasteiger partial charge in [0.25, 0.3) is 0 Å². The van der Waals surface area contributed by atoms with Crippen LogP contribution in [0.3, 0.4) is 0 Å². The van der Waals surface area contributed by atoms with Gasteiger partial charge in [-0.2, -0.15) is 0 Å². The summed E-state index contributed by atoms with van der Waals surface area (Å²) < 4.78 is 44.7. The van der Waals surface area contributed by atoms with E-state index < -0.39 is 22.4 Å². The minimum Gasteiger partial charge on any atom is -0.392 e. The summed E-state index contributed by atoms with van der Waals surface area (Å²) in [7, 11) is -3.69. The lowest BCUT2D eigenvalue weighted by Crippen LogP contribution is -2.25. The van der Waals surface area contributed by atoms with Crippen LogP contribution in [0.4, 0.5) is 4.39 Å². The molecular weight excluding hydrogens is 285 g/mol. The van der Waals surface area contributed by atoms with Crippen molar-refractivity contribution in [2.24, 2.45) is 0 Å². The smallest absolute Gasteiger partial charge is 0.240 e. The third-order valence-electron chi connectivity index (χ3n) is 2.60. The molecule has 114 valence electrons. The Bertz CT molecular complexity index is 519. The maximum Gasteiger partial charge on any atom is 0.240 e. The quantitative estimate of drug-likeness (QED) is 0.677. The molecule has 0 saturated carbocycles. The molecule has 0 aliphatic carbocycles. The summed E-state index contributed by atoms with van der Waals surface area (Å²) in [4.78, 5) is -0.0579. The van der Waals surface area contributed by atoms with Crippen LogP contribution >= 0.6 is 0 Å². The lowest BCUT2D eigenvalue weighted by atomic mass is 10.2. The molecule has 7 heteroatoms. The highest BCUT2D eigenvalue weighted by Gasteiger charge is 2.15. The first-order valence-corrected chi connectivity index (χ1v) is 7.96. The highest BCUT2D eigenvalue weighted by molar-refractivity contribution is 7.89. The number of rotatable bonds is 9. The van der Waals surface area contributed by atoms with E-state index in [9.17, 15) is 12.8 Å². The number of nitrogens with one attached hydrogen (secondary N) is 1. The predicted octanol–water partition coefficient (Wildman–Crippen LogP) is 1.41. The molecule has 1 rings (SSSR count). The first-order valence-electron chi connectivity index (χ1n) is 6.48. The number of halogens is 1. The van der Waals surface area contributed by atoms with Crippen LogP contribution in [0, 0.1) is 5.82 Å². The molecule has 0 spiro atoms. The Labute approximate surface area is 118 Å². The highest BCUT2D eigenvalue weighted by Crippen LogP contribution is 2.15. The summed E-state index contributed by atoms with van der Waals surface area (Å²) in [5.74, 6) is -0.626. The van der Waals surface area contributed by atoms with Crippen LogP contribution in [0.1, 0.15) is 25.3 Å². The molecule has 0 amide bonds. The van der Waals surface area contributed by atoms with E-state index >= 15 is 0 Å². The van der Waals surface area contributed by atoms with Crippen LogP contribution in [0.25, 0.3) is 0 Å². The summed E-state index contributed by atoms with van der Waals surface area (Å²) >= 11 is 0. The largest absolute Gasteiger partial charge is 0.392 e. The third-order valence-corrected chi connectivity index (χ3v) is 4.06. The minimum absolute atomic E-state index is 0.0424. The predicted molar refractivity (Wildman–Crippen MR) is 73.2 cm³/mol. The van der Waals surface area contributed by atoms with E-state index in [-0.39, 0.29) is 17.0 Å². The molecule has 0 unspecified atom stereocenters. The second kappa shape index (κ2) is 8.31.